The number of rotatable bonds is 12. The lowest BCUT2D eigenvalue weighted by Gasteiger charge is -2.44. The minimum Gasteiger partial charge on any atom is -0.341 e. The van der Waals surface area contributed by atoms with Crippen LogP contribution in [0.5, 0.6) is 0 Å². The van der Waals surface area contributed by atoms with Crippen LogP contribution in [0, 0.1) is 52.7 Å². The lowest BCUT2D eigenvalue weighted by molar-refractivity contribution is 0.0473. The zero-order valence-corrected chi connectivity index (χ0v) is 41.2. The summed E-state index contributed by atoms with van der Waals surface area (Å²) in [4.78, 5) is 37.6. The molecular formula is C58H52F6N12. The predicted octanol–water partition coefficient (Wildman–Crippen LogP) is 10.5. The Morgan fingerprint density at radius 2 is 0.882 bits per heavy atom. The molecule has 9 aromatic rings. The Kier molecular flexibility index (Phi) is 13.2. The first-order valence-electron chi connectivity index (χ1n) is 25.6. The summed E-state index contributed by atoms with van der Waals surface area (Å²) in [7, 11) is 0. The van der Waals surface area contributed by atoms with Crippen LogP contribution in [0.15, 0.2) is 127 Å². The molecule has 0 saturated carbocycles. The fraction of sp³-hybridized carbons (Fsp3) is 0.276. The van der Waals surface area contributed by atoms with Crippen molar-refractivity contribution in [1.29, 1.82) is 0 Å². The Hall–Kier alpha value is -7.80. The van der Waals surface area contributed by atoms with Gasteiger partial charge in [-0.05, 0) is 92.1 Å². The largest absolute Gasteiger partial charge is 0.341 e. The van der Waals surface area contributed by atoms with E-state index in [4.69, 9.17) is 41.4 Å². The van der Waals surface area contributed by atoms with Crippen LogP contribution in [0.2, 0.25) is 0 Å². The Labute approximate surface area is 434 Å². The molecule has 76 heavy (non-hydrogen) atoms. The molecule has 3 aliphatic rings. The molecule has 4 N–H and O–H groups in total. The highest BCUT2D eigenvalue weighted by Gasteiger charge is 2.40. The third kappa shape index (κ3) is 9.27. The van der Waals surface area contributed by atoms with Crippen molar-refractivity contribution < 1.29 is 26.3 Å². The molecule has 12 nitrogen and oxygen atoms in total. The van der Waals surface area contributed by atoms with Crippen molar-refractivity contribution in [1.82, 2.24) is 34.8 Å². The average Bonchev–Trinajstić information content (AvgIpc) is 4.13. The summed E-state index contributed by atoms with van der Waals surface area (Å²) in [6, 6.07) is 32.7. The second kappa shape index (κ2) is 20.4. The van der Waals surface area contributed by atoms with Gasteiger partial charge in [-0.1, -0.05) is 66.7 Å². The molecular weight excluding hydrogens is 979 g/mol. The van der Waals surface area contributed by atoms with Gasteiger partial charge in [0.05, 0.1) is 57.1 Å². The molecule has 3 aromatic heterocycles. The summed E-state index contributed by atoms with van der Waals surface area (Å²) >= 11 is 0. The van der Waals surface area contributed by atoms with Gasteiger partial charge < -0.3 is 26.2 Å². The quantitative estimate of drug-likeness (QED) is 0.0888. The van der Waals surface area contributed by atoms with Crippen molar-refractivity contribution >= 4 is 50.6 Å². The fourth-order valence-electron chi connectivity index (χ4n) is 11.5. The third-order valence-corrected chi connectivity index (χ3v) is 15.5. The molecule has 4 unspecified atom stereocenters. The number of hydrogen-bond donors (Lipinski definition) is 2. The zero-order valence-electron chi connectivity index (χ0n) is 41.2. The maximum atomic E-state index is 15.4. The fourth-order valence-corrected chi connectivity index (χ4v) is 11.5. The number of nitrogens with zero attached hydrogens (tertiary/aromatic N) is 10. The summed E-state index contributed by atoms with van der Waals surface area (Å²) in [5.41, 5.74) is 17.2. The summed E-state index contributed by atoms with van der Waals surface area (Å²) in [6.45, 7) is 3.71. The highest BCUT2D eigenvalue weighted by atomic mass is 19.2. The van der Waals surface area contributed by atoms with Crippen molar-refractivity contribution in [3.05, 3.63) is 162 Å². The van der Waals surface area contributed by atoms with E-state index in [1.54, 1.807) is 24.3 Å². The zero-order chi connectivity index (χ0) is 52.2. The first-order chi connectivity index (χ1) is 36.9. The van der Waals surface area contributed by atoms with Crippen LogP contribution in [-0.2, 0) is 0 Å². The van der Waals surface area contributed by atoms with Gasteiger partial charge in [-0.3, -0.25) is 4.90 Å². The number of aromatic nitrogens is 6. The van der Waals surface area contributed by atoms with E-state index in [1.165, 1.54) is 48.5 Å². The van der Waals surface area contributed by atoms with Crippen LogP contribution < -0.4 is 26.2 Å². The second-order valence-corrected chi connectivity index (χ2v) is 20.1. The molecule has 0 bridgehead atoms. The van der Waals surface area contributed by atoms with Crippen molar-refractivity contribution in [2.75, 3.05) is 60.5 Å². The minimum atomic E-state index is -0.726. The topological polar surface area (TPSA) is 142 Å². The number of nitrogens with two attached hydrogens (primary N) is 2. The number of hydrogen-bond acceptors (Lipinski definition) is 12. The SMILES string of the molecule is NC(C1CCN(c2nc(-c3c(F)cccc3F)c3ccccc3n2)CC1)N(CC1CCN(c2nc(-c3c(F)cccc3F)c3ccccc3n2)C1)C(N)C1CCN(c2nc(-c3ccc(F)cc3F)c3ccccc3n2)C1. The summed E-state index contributed by atoms with van der Waals surface area (Å²) in [5, 5.41) is 1.70. The maximum Gasteiger partial charge on any atom is 0.226 e. The van der Waals surface area contributed by atoms with Crippen molar-refractivity contribution in [2.45, 2.75) is 38.0 Å². The Morgan fingerprint density at radius 1 is 0.447 bits per heavy atom. The normalized spacial score (nSPS) is 18.2. The first-order valence-corrected chi connectivity index (χ1v) is 25.6. The molecule has 3 aliphatic heterocycles. The Morgan fingerprint density at radius 3 is 1.42 bits per heavy atom. The van der Waals surface area contributed by atoms with Crippen LogP contribution in [0.4, 0.5) is 44.2 Å². The van der Waals surface area contributed by atoms with Crippen molar-refractivity contribution in [2.24, 2.45) is 29.2 Å². The molecule has 12 rings (SSSR count). The molecule has 0 radical (unpaired) electrons. The van der Waals surface area contributed by atoms with E-state index in [9.17, 15) is 4.39 Å². The molecule has 386 valence electrons. The number of benzene rings is 6. The molecule has 0 spiro atoms. The van der Waals surface area contributed by atoms with E-state index in [2.05, 4.69) is 9.80 Å². The standard InChI is InChI=1S/C58H52F6N12/c59-36-19-20-37(45(64)29-36)51-38-9-1-4-16-46(38)68-57(70-51)75-28-24-35(32-75)55(66)76(31-33-21-25-74(30-33)58-69-48-18-6-3-11-40(48)53(72-58)50-43(62)14-8-15-44(50)63)54(65)34-22-26-73(27-23-34)56-67-47-17-5-2-10-39(47)52(71-56)49-41(60)12-7-13-42(49)61/h1-20,29,33-35,54-55H,21-28,30-32,65-66H2. The van der Waals surface area contributed by atoms with Gasteiger partial charge in [-0.25, -0.2) is 56.2 Å². The summed E-state index contributed by atoms with van der Waals surface area (Å²) in [5.74, 6) is -3.22. The lowest BCUT2D eigenvalue weighted by atomic mass is 9.91. The van der Waals surface area contributed by atoms with Gasteiger partial charge in [-0.15, -0.1) is 0 Å². The van der Waals surface area contributed by atoms with Gasteiger partial charge in [0.2, 0.25) is 17.8 Å². The van der Waals surface area contributed by atoms with Gasteiger partial charge in [0, 0.05) is 79.5 Å². The van der Waals surface area contributed by atoms with Crippen LogP contribution >= 0.6 is 0 Å². The molecule has 0 amide bonds. The van der Waals surface area contributed by atoms with Crippen molar-refractivity contribution in [3.63, 3.8) is 0 Å². The predicted molar refractivity (Wildman–Crippen MR) is 283 cm³/mol. The number of halogens is 6. The molecule has 18 heteroatoms. The van der Waals surface area contributed by atoms with E-state index in [1.807, 2.05) is 58.3 Å². The van der Waals surface area contributed by atoms with Crippen molar-refractivity contribution in [3.8, 4) is 33.8 Å². The van der Waals surface area contributed by atoms with Gasteiger partial charge in [-0.2, -0.15) is 0 Å². The van der Waals surface area contributed by atoms with Gasteiger partial charge in [0.1, 0.15) is 34.9 Å². The van der Waals surface area contributed by atoms with E-state index in [0.29, 0.717) is 121 Å². The smallest absolute Gasteiger partial charge is 0.226 e. The molecule has 4 atom stereocenters. The van der Waals surface area contributed by atoms with Crippen LogP contribution in [-0.4, -0.2) is 92.9 Å². The third-order valence-electron chi connectivity index (χ3n) is 15.5. The van der Waals surface area contributed by atoms with Crippen LogP contribution in [0.25, 0.3) is 66.5 Å². The van der Waals surface area contributed by atoms with E-state index in [-0.39, 0.29) is 45.8 Å². The highest BCUT2D eigenvalue weighted by molar-refractivity contribution is 5.95. The molecule has 3 saturated heterocycles. The Bertz CT molecular complexity index is 3610. The second-order valence-electron chi connectivity index (χ2n) is 20.1. The van der Waals surface area contributed by atoms with E-state index in [0.717, 1.165) is 12.5 Å². The summed E-state index contributed by atoms with van der Waals surface area (Å²) in [6.07, 6.45) is 1.68. The molecule has 6 heterocycles. The summed E-state index contributed by atoms with van der Waals surface area (Å²) < 4.78 is 90.8. The van der Waals surface area contributed by atoms with Gasteiger partial charge in [0.25, 0.3) is 0 Å². The first kappa shape index (κ1) is 49.1. The highest BCUT2D eigenvalue weighted by Crippen LogP contribution is 2.38. The molecule has 3 fully saturated rings. The van der Waals surface area contributed by atoms with Gasteiger partial charge in [0.15, 0.2) is 0 Å². The number of fused-ring (bicyclic) bond motifs is 3. The lowest BCUT2D eigenvalue weighted by Crippen LogP contribution is -2.60. The van der Waals surface area contributed by atoms with Crippen LogP contribution in [0.3, 0.4) is 0 Å². The minimum absolute atomic E-state index is 0.0275. The molecule has 0 aliphatic carbocycles. The molecule has 6 aromatic carbocycles. The maximum absolute atomic E-state index is 15.4. The Balaban J connectivity index is 0.826. The van der Waals surface area contributed by atoms with Gasteiger partial charge >= 0.3 is 0 Å². The van der Waals surface area contributed by atoms with Crippen LogP contribution in [0.1, 0.15) is 25.7 Å². The number of piperidine rings is 1. The average molecular weight is 1030 g/mol. The van der Waals surface area contributed by atoms with E-state index < -0.39 is 47.2 Å². The van der Waals surface area contributed by atoms with E-state index >= 15 is 22.0 Å². The monoisotopic (exact) mass is 1030 g/mol. The number of para-hydroxylation sites is 3. The number of anilines is 3.